The highest BCUT2D eigenvalue weighted by atomic mass is 35.5. The summed E-state index contributed by atoms with van der Waals surface area (Å²) in [6.07, 6.45) is -2.01. The first-order valence-electron chi connectivity index (χ1n) is 10.3. The van der Waals surface area contributed by atoms with Crippen LogP contribution in [0.3, 0.4) is 0 Å². The lowest BCUT2D eigenvalue weighted by Crippen LogP contribution is -2.45. The van der Waals surface area contributed by atoms with Gasteiger partial charge in [0.1, 0.15) is 12.2 Å². The molecule has 0 aliphatic carbocycles. The highest BCUT2D eigenvalue weighted by molar-refractivity contribution is 6.31. The molecule has 1 aliphatic rings. The molecule has 0 saturated carbocycles. The van der Waals surface area contributed by atoms with E-state index in [1.165, 1.54) is 11.9 Å². The minimum Gasteiger partial charge on any atom is -0.355 e. The average Bonchev–Trinajstić information content (AvgIpc) is 3.29. The molecule has 2 aromatic carbocycles. The minimum atomic E-state index is -1.08. The van der Waals surface area contributed by atoms with Crippen LogP contribution in [0, 0.1) is 0 Å². The maximum atomic E-state index is 13.7. The lowest BCUT2D eigenvalue weighted by molar-refractivity contribution is -0.137. The van der Waals surface area contributed by atoms with Crippen LogP contribution in [0.5, 0.6) is 0 Å². The average molecular weight is 489 g/mol. The van der Waals surface area contributed by atoms with Crippen molar-refractivity contribution in [2.75, 3.05) is 16.8 Å². The minimum absolute atomic E-state index is 0.166. The first kappa shape index (κ1) is 23.2. The van der Waals surface area contributed by atoms with E-state index in [2.05, 4.69) is 20.6 Å². The number of rotatable bonds is 5. The van der Waals surface area contributed by atoms with Crippen molar-refractivity contribution >= 4 is 46.7 Å². The second-order valence-corrected chi connectivity index (χ2v) is 8.76. The lowest BCUT2D eigenvalue weighted by atomic mass is 9.99. The summed E-state index contributed by atoms with van der Waals surface area (Å²) in [6, 6.07) is 12.3. The number of nitrogens with one attached hydrogen (secondary N) is 1. The van der Waals surface area contributed by atoms with Crippen LogP contribution >= 0.6 is 23.2 Å². The molecular weight excluding hydrogens is 467 g/mol. The molecule has 3 aromatic rings. The fourth-order valence-electron chi connectivity index (χ4n) is 3.83. The van der Waals surface area contributed by atoms with Crippen molar-refractivity contribution < 1.29 is 14.3 Å². The van der Waals surface area contributed by atoms with Crippen molar-refractivity contribution in [3.63, 3.8) is 0 Å². The van der Waals surface area contributed by atoms with Crippen molar-refractivity contribution in [3.8, 4) is 0 Å². The second kappa shape index (κ2) is 9.46. The van der Waals surface area contributed by atoms with E-state index >= 15 is 0 Å². The van der Waals surface area contributed by atoms with Crippen molar-refractivity contribution in [2.24, 2.45) is 0 Å². The molecule has 4 rings (SSSR count). The summed E-state index contributed by atoms with van der Waals surface area (Å²) >= 11 is 12.8. The number of aromatic amines is 1. The number of carbonyl (C=O) groups excluding carboxylic acids is 2. The number of hydrogen-bond donors (Lipinski definition) is 1. The van der Waals surface area contributed by atoms with Crippen LogP contribution in [-0.4, -0.2) is 51.6 Å². The third-order valence-corrected chi connectivity index (χ3v) is 6.01. The predicted octanol–water partition coefficient (Wildman–Crippen LogP) is 3.79. The van der Waals surface area contributed by atoms with Gasteiger partial charge >= 0.3 is 0 Å². The number of halogens is 2. The Labute approximate surface area is 200 Å². The maximum Gasteiger partial charge on any atom is 0.256 e. The predicted molar refractivity (Wildman–Crippen MR) is 124 cm³/mol. The SMILES string of the molecule is CC(C)N1C(=O)[C@H](CC(=O)N(C)c2nnn[nH]2)O[C@@H](c2ccccc2Cl)c2cc(Cl)ccc21. The number of nitrogens with zero attached hydrogens (tertiary/aromatic N) is 5. The van der Waals surface area contributed by atoms with Gasteiger partial charge in [-0.1, -0.05) is 46.5 Å². The third-order valence-electron chi connectivity index (χ3n) is 5.43. The molecule has 0 saturated heterocycles. The highest BCUT2D eigenvalue weighted by Gasteiger charge is 2.39. The van der Waals surface area contributed by atoms with E-state index in [1.54, 1.807) is 29.2 Å². The molecule has 1 aromatic heterocycles. The number of ether oxygens (including phenoxy) is 1. The number of amides is 2. The summed E-state index contributed by atoms with van der Waals surface area (Å²) in [7, 11) is 1.52. The quantitative estimate of drug-likeness (QED) is 0.585. The molecule has 33 heavy (non-hydrogen) atoms. The van der Waals surface area contributed by atoms with E-state index < -0.39 is 18.1 Å². The van der Waals surface area contributed by atoms with Gasteiger partial charge in [-0.15, -0.1) is 0 Å². The van der Waals surface area contributed by atoms with E-state index in [0.29, 0.717) is 26.9 Å². The van der Waals surface area contributed by atoms with Crippen molar-refractivity contribution in [1.29, 1.82) is 0 Å². The molecule has 1 aliphatic heterocycles. The van der Waals surface area contributed by atoms with Crippen molar-refractivity contribution in [1.82, 2.24) is 20.6 Å². The summed E-state index contributed by atoms with van der Waals surface area (Å²) in [5.41, 5.74) is 2.03. The van der Waals surface area contributed by atoms with Crippen LogP contribution in [0.4, 0.5) is 11.6 Å². The number of carbonyl (C=O) groups is 2. The molecule has 2 atom stereocenters. The highest BCUT2D eigenvalue weighted by Crippen LogP contribution is 2.42. The Hall–Kier alpha value is -3.01. The van der Waals surface area contributed by atoms with Gasteiger partial charge in [0.2, 0.25) is 11.9 Å². The summed E-state index contributed by atoms with van der Waals surface area (Å²) < 4.78 is 6.35. The number of hydrogen-bond acceptors (Lipinski definition) is 6. The molecule has 0 spiro atoms. The first-order chi connectivity index (χ1) is 15.8. The zero-order chi connectivity index (χ0) is 23.7. The van der Waals surface area contributed by atoms with Crippen LogP contribution in [-0.2, 0) is 14.3 Å². The van der Waals surface area contributed by atoms with Gasteiger partial charge in [-0.25, -0.2) is 5.10 Å². The maximum absolute atomic E-state index is 13.7. The first-order valence-corrected chi connectivity index (χ1v) is 11.1. The lowest BCUT2D eigenvalue weighted by Gasteiger charge is -2.29. The van der Waals surface area contributed by atoms with Crippen LogP contribution in [0.2, 0.25) is 10.0 Å². The van der Waals surface area contributed by atoms with Crippen LogP contribution in [0.1, 0.15) is 37.5 Å². The number of H-pyrrole nitrogens is 1. The molecule has 2 amide bonds. The van der Waals surface area contributed by atoms with E-state index in [9.17, 15) is 9.59 Å². The van der Waals surface area contributed by atoms with Gasteiger partial charge < -0.3 is 9.64 Å². The standard InChI is InChI=1S/C22H22Cl2N6O3/c1-12(2)30-17-9-8-13(23)10-15(17)20(14-6-4-5-7-16(14)24)33-18(21(30)32)11-19(31)29(3)22-25-27-28-26-22/h4-10,12,18,20H,11H2,1-3H3,(H,25,26,27,28)/t18-,20-/m0/s1. The topological polar surface area (TPSA) is 104 Å². The van der Waals surface area contributed by atoms with Gasteiger partial charge in [-0.2, -0.15) is 0 Å². The molecule has 172 valence electrons. The molecule has 1 N–H and O–H groups in total. The zero-order valence-corrected chi connectivity index (χ0v) is 19.7. The number of aromatic nitrogens is 4. The summed E-state index contributed by atoms with van der Waals surface area (Å²) in [6.45, 7) is 3.80. The Balaban J connectivity index is 1.79. The van der Waals surface area contributed by atoms with Crippen LogP contribution < -0.4 is 9.80 Å². The van der Waals surface area contributed by atoms with Crippen molar-refractivity contribution in [2.45, 2.75) is 38.5 Å². The number of fused-ring (bicyclic) bond motifs is 1. The number of anilines is 2. The van der Waals surface area contributed by atoms with Gasteiger partial charge in [-0.3, -0.25) is 14.5 Å². The van der Waals surface area contributed by atoms with Gasteiger partial charge in [-0.05, 0) is 48.5 Å². The summed E-state index contributed by atoms with van der Waals surface area (Å²) in [5, 5.41) is 14.2. The normalized spacial score (nSPS) is 18.2. The molecule has 0 fully saturated rings. The van der Waals surface area contributed by atoms with E-state index in [0.717, 1.165) is 0 Å². The third kappa shape index (κ3) is 4.57. The molecular formula is C22H22Cl2N6O3. The fourth-order valence-corrected chi connectivity index (χ4v) is 4.25. The fraction of sp³-hybridized carbons (Fsp3) is 0.318. The van der Waals surface area contributed by atoms with E-state index in [1.807, 2.05) is 32.0 Å². The largest absolute Gasteiger partial charge is 0.355 e. The Morgan fingerprint density at radius 3 is 2.64 bits per heavy atom. The Morgan fingerprint density at radius 1 is 1.21 bits per heavy atom. The molecule has 11 heteroatoms. The molecule has 0 bridgehead atoms. The van der Waals surface area contributed by atoms with Gasteiger partial charge in [0, 0.05) is 34.3 Å². The van der Waals surface area contributed by atoms with Gasteiger partial charge in [0.15, 0.2) is 0 Å². The number of tetrazole rings is 1. The van der Waals surface area contributed by atoms with E-state index in [-0.39, 0.29) is 24.3 Å². The second-order valence-electron chi connectivity index (χ2n) is 7.91. The Bertz CT molecular complexity index is 1170. The van der Waals surface area contributed by atoms with Gasteiger partial charge in [0.05, 0.1) is 12.1 Å². The molecule has 2 heterocycles. The smallest absolute Gasteiger partial charge is 0.256 e. The molecule has 9 nitrogen and oxygen atoms in total. The molecule has 0 unspecified atom stereocenters. The van der Waals surface area contributed by atoms with E-state index in [4.69, 9.17) is 27.9 Å². The Morgan fingerprint density at radius 2 is 1.97 bits per heavy atom. The zero-order valence-electron chi connectivity index (χ0n) is 18.2. The van der Waals surface area contributed by atoms with Crippen LogP contribution in [0.15, 0.2) is 42.5 Å². The Kier molecular flexibility index (Phi) is 6.64. The number of benzene rings is 2. The van der Waals surface area contributed by atoms with Crippen molar-refractivity contribution in [3.05, 3.63) is 63.6 Å². The summed E-state index contributed by atoms with van der Waals surface area (Å²) in [5.74, 6) is -0.558. The molecule has 0 radical (unpaired) electrons. The van der Waals surface area contributed by atoms with Gasteiger partial charge in [0.25, 0.3) is 5.91 Å². The van der Waals surface area contributed by atoms with Crippen LogP contribution in [0.25, 0.3) is 0 Å². The summed E-state index contributed by atoms with van der Waals surface area (Å²) in [4.78, 5) is 29.5. The monoisotopic (exact) mass is 488 g/mol.